The predicted molar refractivity (Wildman–Crippen MR) is 79.1 cm³/mol. The zero-order valence-corrected chi connectivity index (χ0v) is 12.8. The standard InChI is InChI=1S/C15H28N2O2/c1-5-7-8-9-10-13(6-2)14(18)11-15(19)17-16-12(3)4/h13H,5-11H2,1-4H3,(H,17,19). The number of ketones is 1. The maximum atomic E-state index is 12.0. The molecule has 0 spiro atoms. The van der Waals surface area contributed by atoms with E-state index in [0.29, 0.717) is 0 Å². The van der Waals surface area contributed by atoms with E-state index in [4.69, 9.17) is 0 Å². The average Bonchev–Trinajstić information content (AvgIpc) is 2.36. The van der Waals surface area contributed by atoms with Gasteiger partial charge in [0, 0.05) is 11.6 Å². The Morgan fingerprint density at radius 3 is 2.32 bits per heavy atom. The molecule has 4 nitrogen and oxygen atoms in total. The molecule has 0 aliphatic heterocycles. The molecule has 1 amide bonds. The van der Waals surface area contributed by atoms with Gasteiger partial charge in [0.05, 0.1) is 6.42 Å². The van der Waals surface area contributed by atoms with E-state index in [2.05, 4.69) is 17.5 Å². The molecule has 110 valence electrons. The van der Waals surface area contributed by atoms with Gasteiger partial charge in [-0.15, -0.1) is 0 Å². The number of hydrazone groups is 1. The first-order valence-electron chi connectivity index (χ1n) is 7.33. The Balaban J connectivity index is 4.06. The summed E-state index contributed by atoms with van der Waals surface area (Å²) in [5.74, 6) is -0.243. The summed E-state index contributed by atoms with van der Waals surface area (Å²) < 4.78 is 0. The fourth-order valence-electron chi connectivity index (χ4n) is 1.93. The van der Waals surface area contributed by atoms with Crippen LogP contribution in [0.5, 0.6) is 0 Å². The normalized spacial score (nSPS) is 11.8. The van der Waals surface area contributed by atoms with Crippen molar-refractivity contribution in [2.75, 3.05) is 0 Å². The molecule has 1 unspecified atom stereocenters. The van der Waals surface area contributed by atoms with Crippen LogP contribution in [0.3, 0.4) is 0 Å². The highest BCUT2D eigenvalue weighted by Crippen LogP contribution is 2.16. The van der Waals surface area contributed by atoms with Crippen molar-refractivity contribution in [3.63, 3.8) is 0 Å². The molecule has 0 aromatic rings. The molecule has 0 fully saturated rings. The summed E-state index contributed by atoms with van der Waals surface area (Å²) in [6.07, 6.45) is 6.32. The second-order valence-corrected chi connectivity index (χ2v) is 5.19. The zero-order chi connectivity index (χ0) is 14.7. The largest absolute Gasteiger partial charge is 0.299 e. The molecule has 1 N–H and O–H groups in total. The number of nitrogens with one attached hydrogen (secondary N) is 1. The molecule has 0 bridgehead atoms. The minimum atomic E-state index is -0.307. The van der Waals surface area contributed by atoms with Crippen LogP contribution in [0, 0.1) is 5.92 Å². The Morgan fingerprint density at radius 1 is 1.11 bits per heavy atom. The first-order valence-corrected chi connectivity index (χ1v) is 7.33. The number of amides is 1. The van der Waals surface area contributed by atoms with Crippen molar-refractivity contribution in [3.8, 4) is 0 Å². The fraction of sp³-hybridized carbons (Fsp3) is 0.800. The van der Waals surface area contributed by atoms with Gasteiger partial charge in [0.25, 0.3) is 0 Å². The Hall–Kier alpha value is -1.19. The van der Waals surface area contributed by atoms with Crippen molar-refractivity contribution in [3.05, 3.63) is 0 Å². The van der Waals surface area contributed by atoms with Crippen LogP contribution >= 0.6 is 0 Å². The van der Waals surface area contributed by atoms with Crippen molar-refractivity contribution >= 4 is 17.4 Å². The minimum Gasteiger partial charge on any atom is -0.299 e. The van der Waals surface area contributed by atoms with E-state index in [9.17, 15) is 9.59 Å². The lowest BCUT2D eigenvalue weighted by Crippen LogP contribution is -2.25. The van der Waals surface area contributed by atoms with E-state index in [1.165, 1.54) is 19.3 Å². The van der Waals surface area contributed by atoms with Crippen LogP contribution in [0.4, 0.5) is 0 Å². The number of nitrogens with zero attached hydrogens (tertiary/aromatic N) is 1. The Kier molecular flexibility index (Phi) is 10.0. The first kappa shape index (κ1) is 17.8. The highest BCUT2D eigenvalue weighted by atomic mass is 16.2. The molecule has 0 radical (unpaired) electrons. The number of carbonyl (C=O) groups is 2. The van der Waals surface area contributed by atoms with Crippen LogP contribution in [0.2, 0.25) is 0 Å². The van der Waals surface area contributed by atoms with Gasteiger partial charge in [0.1, 0.15) is 5.78 Å². The van der Waals surface area contributed by atoms with E-state index in [1.807, 2.05) is 6.92 Å². The van der Waals surface area contributed by atoms with Crippen molar-refractivity contribution in [1.29, 1.82) is 0 Å². The molecule has 0 aromatic carbocycles. The molecule has 1 atom stereocenters. The summed E-state index contributed by atoms with van der Waals surface area (Å²) in [6, 6.07) is 0. The smallest absolute Gasteiger partial charge is 0.247 e. The van der Waals surface area contributed by atoms with Gasteiger partial charge in [0.2, 0.25) is 5.91 Å². The molecular formula is C15H28N2O2. The number of Topliss-reactive ketones (excluding diaryl/α,β-unsaturated/α-hetero) is 1. The predicted octanol–water partition coefficient (Wildman–Crippen LogP) is 3.45. The van der Waals surface area contributed by atoms with Crippen molar-refractivity contribution in [2.45, 2.75) is 72.6 Å². The van der Waals surface area contributed by atoms with Gasteiger partial charge < -0.3 is 0 Å². The molecule has 0 saturated carbocycles. The molecule has 0 aromatic heterocycles. The summed E-state index contributed by atoms with van der Waals surface area (Å²) in [6.45, 7) is 7.77. The molecule has 0 aliphatic carbocycles. The zero-order valence-electron chi connectivity index (χ0n) is 12.8. The van der Waals surface area contributed by atoms with E-state index < -0.39 is 0 Å². The van der Waals surface area contributed by atoms with Crippen LogP contribution in [-0.4, -0.2) is 17.4 Å². The second kappa shape index (κ2) is 10.7. The Bertz CT molecular complexity index is 307. The SMILES string of the molecule is CCCCCCC(CC)C(=O)CC(=O)NN=C(C)C. The van der Waals surface area contributed by atoms with E-state index in [0.717, 1.165) is 25.0 Å². The summed E-state index contributed by atoms with van der Waals surface area (Å²) in [4.78, 5) is 23.5. The highest BCUT2D eigenvalue weighted by Gasteiger charge is 2.18. The first-order chi connectivity index (χ1) is 9.01. The molecule has 0 heterocycles. The van der Waals surface area contributed by atoms with Gasteiger partial charge in [-0.3, -0.25) is 9.59 Å². The molecule has 0 saturated heterocycles. The maximum absolute atomic E-state index is 12.0. The number of unbranched alkanes of at least 4 members (excludes halogenated alkanes) is 3. The van der Waals surface area contributed by atoms with E-state index in [1.54, 1.807) is 13.8 Å². The van der Waals surface area contributed by atoms with Crippen molar-refractivity contribution in [1.82, 2.24) is 5.43 Å². The number of hydrogen-bond acceptors (Lipinski definition) is 3. The van der Waals surface area contributed by atoms with Gasteiger partial charge in [0.15, 0.2) is 0 Å². The molecule has 4 heteroatoms. The summed E-state index contributed by atoms with van der Waals surface area (Å²) >= 11 is 0. The average molecular weight is 268 g/mol. The van der Waals surface area contributed by atoms with Gasteiger partial charge in [-0.2, -0.15) is 5.10 Å². The lowest BCUT2D eigenvalue weighted by atomic mass is 9.92. The van der Waals surface area contributed by atoms with Gasteiger partial charge in [-0.25, -0.2) is 5.43 Å². The summed E-state index contributed by atoms with van der Waals surface area (Å²) in [5, 5.41) is 3.81. The number of hydrogen-bond donors (Lipinski definition) is 1. The van der Waals surface area contributed by atoms with E-state index >= 15 is 0 Å². The topological polar surface area (TPSA) is 58.5 Å². The van der Waals surface area contributed by atoms with Gasteiger partial charge in [-0.1, -0.05) is 39.5 Å². The van der Waals surface area contributed by atoms with Crippen LogP contribution < -0.4 is 5.43 Å². The summed E-state index contributed by atoms with van der Waals surface area (Å²) in [7, 11) is 0. The lowest BCUT2D eigenvalue weighted by molar-refractivity contribution is -0.130. The Morgan fingerprint density at radius 2 is 1.79 bits per heavy atom. The van der Waals surface area contributed by atoms with Crippen LogP contribution in [0.15, 0.2) is 5.10 Å². The van der Waals surface area contributed by atoms with Gasteiger partial charge >= 0.3 is 0 Å². The minimum absolute atomic E-state index is 0.0225. The maximum Gasteiger partial charge on any atom is 0.247 e. The van der Waals surface area contributed by atoms with Crippen LogP contribution in [-0.2, 0) is 9.59 Å². The summed E-state index contributed by atoms with van der Waals surface area (Å²) in [5.41, 5.74) is 3.17. The van der Waals surface area contributed by atoms with Crippen molar-refractivity contribution in [2.24, 2.45) is 11.0 Å². The third-order valence-electron chi connectivity index (χ3n) is 3.09. The number of carbonyl (C=O) groups excluding carboxylic acids is 2. The highest BCUT2D eigenvalue weighted by molar-refractivity contribution is 5.99. The molecule has 0 rings (SSSR count). The third kappa shape index (κ3) is 9.40. The van der Waals surface area contributed by atoms with Crippen LogP contribution in [0.1, 0.15) is 72.6 Å². The third-order valence-corrected chi connectivity index (χ3v) is 3.09. The molecule has 19 heavy (non-hydrogen) atoms. The quantitative estimate of drug-likeness (QED) is 0.285. The van der Waals surface area contributed by atoms with Gasteiger partial charge in [-0.05, 0) is 26.7 Å². The molecular weight excluding hydrogens is 240 g/mol. The number of rotatable bonds is 10. The van der Waals surface area contributed by atoms with Crippen LogP contribution in [0.25, 0.3) is 0 Å². The second-order valence-electron chi connectivity index (χ2n) is 5.19. The molecule has 0 aliphatic rings. The van der Waals surface area contributed by atoms with Crippen molar-refractivity contribution < 1.29 is 9.59 Å². The fourth-order valence-corrected chi connectivity index (χ4v) is 1.93. The Labute approximate surface area is 117 Å². The lowest BCUT2D eigenvalue weighted by Gasteiger charge is -2.12. The monoisotopic (exact) mass is 268 g/mol. The van der Waals surface area contributed by atoms with E-state index in [-0.39, 0.29) is 24.0 Å².